The van der Waals surface area contributed by atoms with Gasteiger partial charge in [0.1, 0.15) is 23.7 Å². The van der Waals surface area contributed by atoms with E-state index in [-0.39, 0.29) is 5.91 Å². The predicted molar refractivity (Wildman–Crippen MR) is 133 cm³/mol. The van der Waals surface area contributed by atoms with Gasteiger partial charge in [-0.25, -0.2) is 19.9 Å². The number of pyridine rings is 1. The van der Waals surface area contributed by atoms with Crippen LogP contribution in [0.2, 0.25) is 0 Å². The summed E-state index contributed by atoms with van der Waals surface area (Å²) < 4.78 is 3.77. The van der Waals surface area contributed by atoms with E-state index in [0.717, 1.165) is 28.7 Å². The van der Waals surface area contributed by atoms with Gasteiger partial charge in [0.15, 0.2) is 11.6 Å². The average molecular weight is 481 g/mol. The molecular formula is C25H24N10O. The lowest BCUT2D eigenvalue weighted by atomic mass is 10.1. The number of imidazole rings is 1. The second-order valence-electron chi connectivity index (χ2n) is 8.04. The molecule has 0 saturated carbocycles. The summed E-state index contributed by atoms with van der Waals surface area (Å²) in [5.41, 5.74) is 2.93. The zero-order valence-corrected chi connectivity index (χ0v) is 19.8. The van der Waals surface area contributed by atoms with Gasteiger partial charge in [-0.1, -0.05) is 12.1 Å². The lowest BCUT2D eigenvalue weighted by Crippen LogP contribution is -2.24. The first-order chi connectivity index (χ1) is 17.6. The highest BCUT2D eigenvalue weighted by atomic mass is 16.1. The van der Waals surface area contributed by atoms with Crippen molar-refractivity contribution >= 4 is 11.6 Å². The van der Waals surface area contributed by atoms with E-state index < -0.39 is 0 Å². The summed E-state index contributed by atoms with van der Waals surface area (Å²) in [6.07, 6.45) is 8.45. The van der Waals surface area contributed by atoms with Gasteiger partial charge < -0.3 is 15.2 Å². The van der Waals surface area contributed by atoms with E-state index in [1.165, 1.54) is 6.33 Å². The van der Waals surface area contributed by atoms with Crippen LogP contribution < -0.4 is 10.6 Å². The number of nitrogens with zero attached hydrogens (tertiary/aromatic N) is 8. The lowest BCUT2D eigenvalue weighted by Gasteiger charge is -2.12. The van der Waals surface area contributed by atoms with E-state index in [4.69, 9.17) is 0 Å². The molecule has 0 aliphatic heterocycles. The molecule has 5 aromatic rings. The van der Waals surface area contributed by atoms with Crippen molar-refractivity contribution in [2.45, 2.75) is 20.0 Å². The summed E-state index contributed by atoms with van der Waals surface area (Å²) in [6.45, 7) is 2.68. The first-order valence-corrected chi connectivity index (χ1v) is 11.3. The fourth-order valence-corrected chi connectivity index (χ4v) is 3.78. The van der Waals surface area contributed by atoms with Crippen LogP contribution in [0, 0.1) is 6.92 Å². The number of aryl methyl sites for hydroxylation is 1. The second-order valence-corrected chi connectivity index (χ2v) is 8.04. The predicted octanol–water partition coefficient (Wildman–Crippen LogP) is 2.70. The maximum absolute atomic E-state index is 12.9. The zero-order chi connectivity index (χ0) is 24.9. The number of rotatable bonds is 8. The molecule has 0 aliphatic rings. The minimum absolute atomic E-state index is 0.180. The zero-order valence-electron chi connectivity index (χ0n) is 19.8. The number of nitrogens with one attached hydrogen (secondary N) is 2. The quantitative estimate of drug-likeness (QED) is 0.347. The van der Waals surface area contributed by atoms with E-state index in [2.05, 4.69) is 40.8 Å². The van der Waals surface area contributed by atoms with E-state index in [1.807, 2.05) is 53.6 Å². The number of benzene rings is 1. The Balaban J connectivity index is 1.24. The number of hydrogen-bond donors (Lipinski definition) is 2. The summed E-state index contributed by atoms with van der Waals surface area (Å²) >= 11 is 0. The molecule has 1 aromatic carbocycles. The molecule has 0 bridgehead atoms. The summed E-state index contributed by atoms with van der Waals surface area (Å²) in [6, 6.07) is 12.9. The molecule has 36 heavy (non-hydrogen) atoms. The van der Waals surface area contributed by atoms with Gasteiger partial charge in [0, 0.05) is 55.2 Å². The van der Waals surface area contributed by atoms with Crippen molar-refractivity contribution in [2.24, 2.45) is 7.05 Å². The molecule has 0 saturated heterocycles. The molecule has 5 rings (SSSR count). The van der Waals surface area contributed by atoms with Crippen LogP contribution in [0.5, 0.6) is 0 Å². The average Bonchev–Trinajstić information content (AvgIpc) is 3.51. The molecule has 1 amide bonds. The Bertz CT molecular complexity index is 1490. The summed E-state index contributed by atoms with van der Waals surface area (Å²) in [4.78, 5) is 29.8. The van der Waals surface area contributed by atoms with E-state index >= 15 is 0 Å². The SMILES string of the molecule is Cc1nccn1-c1ncccc1CNC(=O)c1cccc(NCc2nnc(-c3ccncn3)n2C)c1. The Morgan fingerprint density at radius 3 is 2.69 bits per heavy atom. The molecule has 2 N–H and O–H groups in total. The second kappa shape index (κ2) is 10.1. The molecule has 0 spiro atoms. The van der Waals surface area contributed by atoms with Gasteiger partial charge in [-0.05, 0) is 37.3 Å². The van der Waals surface area contributed by atoms with E-state index in [0.29, 0.717) is 30.2 Å². The van der Waals surface area contributed by atoms with Gasteiger partial charge in [-0.15, -0.1) is 10.2 Å². The molecule has 180 valence electrons. The highest BCUT2D eigenvalue weighted by molar-refractivity contribution is 5.95. The van der Waals surface area contributed by atoms with Gasteiger partial charge in [0.25, 0.3) is 5.91 Å². The molecular weight excluding hydrogens is 456 g/mol. The Kier molecular flexibility index (Phi) is 6.43. The van der Waals surface area contributed by atoms with Crippen molar-refractivity contribution in [3.63, 3.8) is 0 Å². The molecule has 0 unspecified atom stereocenters. The van der Waals surface area contributed by atoms with Gasteiger partial charge in [0.2, 0.25) is 0 Å². The summed E-state index contributed by atoms with van der Waals surface area (Å²) in [5.74, 6) is 2.78. The number of hydrogen-bond acceptors (Lipinski definition) is 8. The monoisotopic (exact) mass is 480 g/mol. The third-order valence-electron chi connectivity index (χ3n) is 5.71. The third-order valence-corrected chi connectivity index (χ3v) is 5.71. The Morgan fingerprint density at radius 2 is 1.89 bits per heavy atom. The molecule has 11 heteroatoms. The van der Waals surface area contributed by atoms with Crippen LogP contribution in [0.3, 0.4) is 0 Å². The number of amides is 1. The lowest BCUT2D eigenvalue weighted by molar-refractivity contribution is 0.0951. The molecule has 0 atom stereocenters. The van der Waals surface area contributed by atoms with Crippen molar-refractivity contribution in [3.05, 3.63) is 96.4 Å². The van der Waals surface area contributed by atoms with Crippen LogP contribution >= 0.6 is 0 Å². The van der Waals surface area contributed by atoms with Crippen LogP contribution in [0.4, 0.5) is 5.69 Å². The molecule has 4 aromatic heterocycles. The van der Waals surface area contributed by atoms with Crippen molar-refractivity contribution in [3.8, 4) is 17.3 Å². The number of aromatic nitrogens is 8. The topological polar surface area (TPSA) is 128 Å². The molecule has 11 nitrogen and oxygen atoms in total. The first-order valence-electron chi connectivity index (χ1n) is 11.3. The molecule has 0 aliphatic carbocycles. The third kappa shape index (κ3) is 4.80. The minimum atomic E-state index is -0.180. The van der Waals surface area contributed by atoms with Crippen molar-refractivity contribution < 1.29 is 4.79 Å². The van der Waals surface area contributed by atoms with Crippen LogP contribution in [-0.2, 0) is 20.1 Å². The fraction of sp³-hybridized carbons (Fsp3) is 0.160. The standard InChI is InChI=1S/C25H24N10O/c1-17-27-11-12-35(17)23-19(6-4-9-28-23)14-30-25(36)18-5-3-7-20(13-18)29-15-22-32-33-24(34(22)2)21-8-10-26-16-31-21/h3-13,16,29H,14-15H2,1-2H3,(H,30,36). The maximum atomic E-state index is 12.9. The smallest absolute Gasteiger partial charge is 0.251 e. The highest BCUT2D eigenvalue weighted by Crippen LogP contribution is 2.17. The Morgan fingerprint density at radius 1 is 0.972 bits per heavy atom. The van der Waals surface area contributed by atoms with Crippen LogP contribution in [0.25, 0.3) is 17.3 Å². The van der Waals surface area contributed by atoms with Crippen LogP contribution in [0.15, 0.2) is 73.6 Å². The molecule has 0 fully saturated rings. The highest BCUT2D eigenvalue weighted by Gasteiger charge is 2.13. The minimum Gasteiger partial charge on any atom is -0.378 e. The largest absolute Gasteiger partial charge is 0.378 e. The van der Waals surface area contributed by atoms with Gasteiger partial charge in [-0.3, -0.25) is 9.36 Å². The van der Waals surface area contributed by atoms with Gasteiger partial charge >= 0.3 is 0 Å². The number of carbonyl (C=O) groups is 1. The Labute approximate surface area is 207 Å². The van der Waals surface area contributed by atoms with Crippen molar-refractivity contribution in [1.29, 1.82) is 0 Å². The number of carbonyl (C=O) groups excluding carboxylic acids is 1. The van der Waals surface area contributed by atoms with Crippen molar-refractivity contribution in [1.82, 2.24) is 44.6 Å². The first kappa shape index (κ1) is 22.8. The van der Waals surface area contributed by atoms with Crippen LogP contribution in [0.1, 0.15) is 27.6 Å². The van der Waals surface area contributed by atoms with E-state index in [9.17, 15) is 4.79 Å². The van der Waals surface area contributed by atoms with Gasteiger partial charge in [-0.2, -0.15) is 0 Å². The maximum Gasteiger partial charge on any atom is 0.251 e. The Hall–Kier alpha value is -4.93. The van der Waals surface area contributed by atoms with Gasteiger partial charge in [0.05, 0.1) is 6.54 Å². The normalized spacial score (nSPS) is 10.8. The summed E-state index contributed by atoms with van der Waals surface area (Å²) in [7, 11) is 1.89. The molecule has 4 heterocycles. The summed E-state index contributed by atoms with van der Waals surface area (Å²) in [5, 5.41) is 14.8. The number of anilines is 1. The fourth-order valence-electron chi connectivity index (χ4n) is 3.78. The molecule has 0 radical (unpaired) electrons. The van der Waals surface area contributed by atoms with Crippen molar-refractivity contribution in [2.75, 3.05) is 5.32 Å². The van der Waals surface area contributed by atoms with Crippen LogP contribution in [-0.4, -0.2) is 45.2 Å². The van der Waals surface area contributed by atoms with E-state index in [1.54, 1.807) is 36.8 Å².